The topological polar surface area (TPSA) is 55.5 Å². The van der Waals surface area contributed by atoms with Gasteiger partial charge in [-0.15, -0.1) is 0 Å². The van der Waals surface area contributed by atoms with Crippen LogP contribution in [-0.2, 0) is 4.74 Å². The first-order valence-corrected chi connectivity index (χ1v) is 3.25. The lowest BCUT2D eigenvalue weighted by atomic mass is 10.0. The third-order valence-electron chi connectivity index (χ3n) is 1.65. The second-order valence-electron chi connectivity index (χ2n) is 2.61. The van der Waals surface area contributed by atoms with Gasteiger partial charge in [0.15, 0.2) is 0 Å². The van der Waals surface area contributed by atoms with Crippen molar-refractivity contribution in [3.63, 3.8) is 0 Å². The fourth-order valence-electron chi connectivity index (χ4n) is 0.995. The molecule has 1 rings (SSSR count). The van der Waals surface area contributed by atoms with E-state index in [-0.39, 0.29) is 12.1 Å². The number of aliphatic hydroxyl groups excluding tert-OH is 1. The first-order valence-electron chi connectivity index (χ1n) is 3.25. The Labute approximate surface area is 54.8 Å². The van der Waals surface area contributed by atoms with Gasteiger partial charge in [0, 0.05) is 6.04 Å². The van der Waals surface area contributed by atoms with Crippen molar-refractivity contribution < 1.29 is 9.84 Å². The molecule has 0 aromatic heterocycles. The van der Waals surface area contributed by atoms with E-state index in [4.69, 9.17) is 15.6 Å². The summed E-state index contributed by atoms with van der Waals surface area (Å²) in [7, 11) is 0. The molecule has 0 aliphatic carbocycles. The standard InChI is InChI=1S/C6H13NO2/c1-4-2-5(7)6(8)3-9-4/h4-6,8H,2-3,7H2,1H3/t4-,5-,6-/m0/s1. The van der Waals surface area contributed by atoms with E-state index >= 15 is 0 Å². The van der Waals surface area contributed by atoms with E-state index in [1.807, 2.05) is 6.92 Å². The summed E-state index contributed by atoms with van der Waals surface area (Å²) in [4.78, 5) is 0. The molecule has 3 nitrogen and oxygen atoms in total. The largest absolute Gasteiger partial charge is 0.389 e. The van der Waals surface area contributed by atoms with Crippen LogP contribution in [0, 0.1) is 0 Å². The van der Waals surface area contributed by atoms with Crippen LogP contribution in [0.5, 0.6) is 0 Å². The van der Waals surface area contributed by atoms with Gasteiger partial charge in [-0.2, -0.15) is 0 Å². The number of aliphatic hydroxyl groups is 1. The van der Waals surface area contributed by atoms with Crippen molar-refractivity contribution in [3.05, 3.63) is 0 Å². The molecule has 1 saturated heterocycles. The second kappa shape index (κ2) is 2.64. The third kappa shape index (κ3) is 1.64. The monoisotopic (exact) mass is 131 g/mol. The summed E-state index contributed by atoms with van der Waals surface area (Å²) >= 11 is 0. The molecule has 1 fully saturated rings. The minimum absolute atomic E-state index is 0.0891. The van der Waals surface area contributed by atoms with E-state index in [9.17, 15) is 0 Å². The number of hydrogen-bond acceptors (Lipinski definition) is 3. The van der Waals surface area contributed by atoms with Crippen molar-refractivity contribution in [1.82, 2.24) is 0 Å². The third-order valence-corrected chi connectivity index (χ3v) is 1.65. The zero-order valence-electron chi connectivity index (χ0n) is 5.58. The quantitative estimate of drug-likeness (QED) is 0.465. The molecule has 0 aromatic carbocycles. The molecule has 0 saturated carbocycles. The molecule has 0 radical (unpaired) electrons. The van der Waals surface area contributed by atoms with E-state index in [0.717, 1.165) is 6.42 Å². The highest BCUT2D eigenvalue weighted by Crippen LogP contribution is 2.11. The number of hydrogen-bond donors (Lipinski definition) is 2. The maximum absolute atomic E-state index is 9.05. The minimum atomic E-state index is -0.457. The molecular formula is C6H13NO2. The van der Waals surface area contributed by atoms with Crippen molar-refractivity contribution in [3.8, 4) is 0 Å². The molecule has 3 heteroatoms. The lowest BCUT2D eigenvalue weighted by molar-refractivity contribution is -0.0584. The Hall–Kier alpha value is -0.120. The molecule has 0 aromatic rings. The summed E-state index contributed by atoms with van der Waals surface area (Å²) < 4.78 is 5.13. The summed E-state index contributed by atoms with van der Waals surface area (Å²) in [6.45, 7) is 2.36. The van der Waals surface area contributed by atoms with Gasteiger partial charge in [-0.1, -0.05) is 0 Å². The van der Waals surface area contributed by atoms with Crippen LogP contribution >= 0.6 is 0 Å². The summed E-state index contributed by atoms with van der Waals surface area (Å²) in [5.41, 5.74) is 5.54. The summed E-state index contributed by atoms with van der Waals surface area (Å²) in [5.74, 6) is 0. The fraction of sp³-hybridized carbons (Fsp3) is 1.00. The van der Waals surface area contributed by atoms with Crippen LogP contribution < -0.4 is 5.73 Å². The SMILES string of the molecule is C[C@H]1C[C@H](N)[C@@H](O)CO1. The molecule has 0 unspecified atom stereocenters. The van der Waals surface area contributed by atoms with Crippen LogP contribution in [0.1, 0.15) is 13.3 Å². The highest BCUT2D eigenvalue weighted by Gasteiger charge is 2.23. The predicted octanol–water partition coefficient (Wildman–Crippen LogP) is -0.517. The van der Waals surface area contributed by atoms with Crippen molar-refractivity contribution in [1.29, 1.82) is 0 Å². The zero-order valence-corrected chi connectivity index (χ0v) is 5.58. The maximum atomic E-state index is 9.05. The first kappa shape index (κ1) is 6.99. The first-order chi connectivity index (χ1) is 4.20. The Bertz CT molecular complexity index is 97.1. The Morgan fingerprint density at radius 2 is 2.33 bits per heavy atom. The van der Waals surface area contributed by atoms with Crippen molar-refractivity contribution in [2.45, 2.75) is 31.6 Å². The fourth-order valence-corrected chi connectivity index (χ4v) is 0.995. The van der Waals surface area contributed by atoms with Crippen LogP contribution in [0.15, 0.2) is 0 Å². The lowest BCUT2D eigenvalue weighted by Gasteiger charge is -2.28. The van der Waals surface area contributed by atoms with E-state index in [1.165, 1.54) is 0 Å². The van der Waals surface area contributed by atoms with Crippen molar-refractivity contribution in [2.75, 3.05) is 6.61 Å². The number of rotatable bonds is 0. The van der Waals surface area contributed by atoms with Crippen LogP contribution in [0.2, 0.25) is 0 Å². The maximum Gasteiger partial charge on any atom is 0.0925 e. The molecule has 3 atom stereocenters. The summed E-state index contributed by atoms with van der Waals surface area (Å²) in [6.07, 6.45) is 0.519. The van der Waals surface area contributed by atoms with Crippen LogP contribution in [0.4, 0.5) is 0 Å². The Kier molecular flexibility index (Phi) is 2.05. The average Bonchev–Trinajstić information content (AvgIpc) is 1.80. The van der Waals surface area contributed by atoms with Gasteiger partial charge >= 0.3 is 0 Å². The smallest absolute Gasteiger partial charge is 0.0925 e. The van der Waals surface area contributed by atoms with Gasteiger partial charge in [-0.3, -0.25) is 0 Å². The lowest BCUT2D eigenvalue weighted by Crippen LogP contribution is -2.45. The average molecular weight is 131 g/mol. The van der Waals surface area contributed by atoms with E-state index in [1.54, 1.807) is 0 Å². The molecule has 1 aliphatic heterocycles. The van der Waals surface area contributed by atoms with Crippen LogP contribution in [0.25, 0.3) is 0 Å². The van der Waals surface area contributed by atoms with Crippen molar-refractivity contribution >= 4 is 0 Å². The van der Waals surface area contributed by atoms with Gasteiger partial charge in [0.05, 0.1) is 18.8 Å². The van der Waals surface area contributed by atoms with Crippen LogP contribution in [-0.4, -0.2) is 30.0 Å². The van der Waals surface area contributed by atoms with E-state index in [2.05, 4.69) is 0 Å². The highest BCUT2D eigenvalue weighted by molar-refractivity contribution is 4.78. The molecule has 9 heavy (non-hydrogen) atoms. The minimum Gasteiger partial charge on any atom is -0.389 e. The van der Waals surface area contributed by atoms with Gasteiger partial charge in [0.2, 0.25) is 0 Å². The highest BCUT2D eigenvalue weighted by atomic mass is 16.5. The van der Waals surface area contributed by atoms with E-state index in [0.29, 0.717) is 6.61 Å². The second-order valence-corrected chi connectivity index (χ2v) is 2.61. The molecular weight excluding hydrogens is 118 g/mol. The van der Waals surface area contributed by atoms with Gasteiger partial charge < -0.3 is 15.6 Å². The molecule has 1 aliphatic rings. The molecule has 1 heterocycles. The molecule has 3 N–H and O–H groups in total. The summed E-state index contributed by atoms with van der Waals surface area (Å²) in [6, 6.07) is -0.0891. The number of nitrogens with two attached hydrogens (primary N) is 1. The molecule has 0 amide bonds. The normalized spacial score (nSPS) is 45.0. The molecule has 0 spiro atoms. The summed E-state index contributed by atoms with van der Waals surface area (Å²) in [5, 5.41) is 9.05. The van der Waals surface area contributed by atoms with Crippen molar-refractivity contribution in [2.24, 2.45) is 5.73 Å². The molecule has 54 valence electrons. The Morgan fingerprint density at radius 1 is 1.67 bits per heavy atom. The van der Waals surface area contributed by atoms with Gasteiger partial charge in [0.25, 0.3) is 0 Å². The van der Waals surface area contributed by atoms with Gasteiger partial charge in [-0.25, -0.2) is 0 Å². The van der Waals surface area contributed by atoms with E-state index < -0.39 is 6.10 Å². The molecule has 0 bridgehead atoms. The zero-order chi connectivity index (χ0) is 6.85. The Morgan fingerprint density at radius 3 is 2.78 bits per heavy atom. The Balaban J connectivity index is 2.35. The van der Waals surface area contributed by atoms with Crippen LogP contribution in [0.3, 0.4) is 0 Å². The van der Waals surface area contributed by atoms with Gasteiger partial charge in [0.1, 0.15) is 0 Å². The predicted molar refractivity (Wildman–Crippen MR) is 34.0 cm³/mol. The van der Waals surface area contributed by atoms with Gasteiger partial charge in [-0.05, 0) is 13.3 Å². The number of ether oxygens (including phenoxy) is 1.